The molecule has 0 rings (SSSR count). The van der Waals surface area contributed by atoms with Gasteiger partial charge in [0.05, 0.1) is 0 Å². The van der Waals surface area contributed by atoms with E-state index in [1.165, 1.54) is 0 Å². The standard InChI is InChI=1S/C6H15ClNO2P/c1-5(2)8(6(3)4)10-11(7)9/h5-6,9H,1-4H3. The fourth-order valence-electron chi connectivity index (χ4n) is 0.863. The van der Waals surface area contributed by atoms with E-state index < -0.39 is 7.73 Å². The van der Waals surface area contributed by atoms with Gasteiger partial charge in [-0.3, -0.25) is 0 Å². The molecule has 0 aliphatic carbocycles. The highest BCUT2D eigenvalue weighted by Crippen LogP contribution is 2.39. The van der Waals surface area contributed by atoms with Crippen LogP contribution < -0.4 is 0 Å². The van der Waals surface area contributed by atoms with Crippen LogP contribution in [-0.4, -0.2) is 22.0 Å². The number of nitrogens with zero attached hydrogens (tertiary/aromatic N) is 1. The molecular formula is C6H15ClNO2P. The van der Waals surface area contributed by atoms with Crippen LogP contribution in [0, 0.1) is 0 Å². The van der Waals surface area contributed by atoms with Crippen molar-refractivity contribution in [1.29, 1.82) is 0 Å². The molecule has 0 heterocycles. The lowest BCUT2D eigenvalue weighted by Crippen LogP contribution is -2.35. The van der Waals surface area contributed by atoms with E-state index >= 15 is 0 Å². The maximum absolute atomic E-state index is 8.79. The Labute approximate surface area is 74.0 Å². The largest absolute Gasteiger partial charge is 0.337 e. The normalized spacial score (nSPS) is 15.0. The number of hydroxylamine groups is 2. The van der Waals surface area contributed by atoms with Crippen molar-refractivity contribution >= 4 is 19.0 Å². The van der Waals surface area contributed by atoms with Crippen molar-refractivity contribution in [3.63, 3.8) is 0 Å². The molecule has 68 valence electrons. The highest BCUT2D eigenvalue weighted by atomic mass is 35.7. The highest BCUT2D eigenvalue weighted by molar-refractivity contribution is 7.75. The van der Waals surface area contributed by atoms with E-state index in [0.29, 0.717) is 0 Å². The SMILES string of the molecule is CC(C)N(OP(O)Cl)C(C)C. The fraction of sp³-hybridized carbons (Fsp3) is 1.00. The minimum atomic E-state index is -1.81. The smallest absolute Gasteiger partial charge is 0.292 e. The third-order valence-electron chi connectivity index (χ3n) is 1.18. The molecule has 11 heavy (non-hydrogen) atoms. The Morgan fingerprint density at radius 1 is 1.27 bits per heavy atom. The Balaban J connectivity index is 3.90. The molecular weight excluding hydrogens is 184 g/mol. The van der Waals surface area contributed by atoms with E-state index in [4.69, 9.17) is 20.8 Å². The average molecular weight is 200 g/mol. The van der Waals surface area contributed by atoms with Gasteiger partial charge in [0.15, 0.2) is 0 Å². The number of halogens is 1. The Kier molecular flexibility index (Phi) is 5.57. The molecule has 0 aliphatic rings. The molecule has 0 fully saturated rings. The second-order valence-corrected chi connectivity index (χ2v) is 4.34. The second kappa shape index (κ2) is 5.28. The van der Waals surface area contributed by atoms with Crippen molar-refractivity contribution in [3.05, 3.63) is 0 Å². The first-order valence-electron chi connectivity index (χ1n) is 3.56. The lowest BCUT2D eigenvalue weighted by molar-refractivity contribution is -0.106. The summed E-state index contributed by atoms with van der Waals surface area (Å²) in [4.78, 5) is 8.79. The molecule has 0 spiro atoms. The van der Waals surface area contributed by atoms with Crippen molar-refractivity contribution < 1.29 is 9.52 Å². The number of rotatable bonds is 4. The molecule has 1 unspecified atom stereocenters. The molecule has 0 radical (unpaired) electrons. The minimum absolute atomic E-state index is 0.228. The monoisotopic (exact) mass is 199 g/mol. The number of hydrogen-bond donors (Lipinski definition) is 1. The van der Waals surface area contributed by atoms with Gasteiger partial charge in [-0.25, -0.2) is 4.62 Å². The van der Waals surface area contributed by atoms with Crippen LogP contribution in [0.1, 0.15) is 27.7 Å². The van der Waals surface area contributed by atoms with Gasteiger partial charge < -0.3 is 4.89 Å². The van der Waals surface area contributed by atoms with Gasteiger partial charge in [0.2, 0.25) is 0 Å². The van der Waals surface area contributed by atoms with Crippen LogP contribution in [0.3, 0.4) is 0 Å². The quantitative estimate of drug-likeness (QED) is 0.558. The Morgan fingerprint density at radius 3 is 1.73 bits per heavy atom. The molecule has 0 bridgehead atoms. The fourth-order valence-corrected chi connectivity index (χ4v) is 1.61. The van der Waals surface area contributed by atoms with Crippen LogP contribution in [0.15, 0.2) is 0 Å². The van der Waals surface area contributed by atoms with Gasteiger partial charge in [-0.2, -0.15) is 5.06 Å². The lowest BCUT2D eigenvalue weighted by Gasteiger charge is -2.28. The van der Waals surface area contributed by atoms with Gasteiger partial charge in [0.1, 0.15) is 0 Å². The predicted molar refractivity (Wildman–Crippen MR) is 48.2 cm³/mol. The molecule has 0 saturated heterocycles. The maximum Gasteiger partial charge on any atom is 0.292 e. The van der Waals surface area contributed by atoms with Crippen molar-refractivity contribution in [3.8, 4) is 0 Å². The third-order valence-corrected chi connectivity index (χ3v) is 1.69. The third kappa shape index (κ3) is 4.94. The van der Waals surface area contributed by atoms with Gasteiger partial charge in [0, 0.05) is 12.1 Å². The van der Waals surface area contributed by atoms with Crippen LogP contribution in [0.5, 0.6) is 0 Å². The molecule has 1 atom stereocenters. The molecule has 0 saturated carbocycles. The zero-order valence-electron chi connectivity index (χ0n) is 7.28. The van der Waals surface area contributed by atoms with Crippen molar-refractivity contribution in [1.82, 2.24) is 5.06 Å². The summed E-state index contributed by atoms with van der Waals surface area (Å²) in [7, 11) is -1.81. The van der Waals surface area contributed by atoms with E-state index in [1.54, 1.807) is 5.06 Å². The zero-order chi connectivity index (χ0) is 9.02. The van der Waals surface area contributed by atoms with Crippen molar-refractivity contribution in [2.75, 3.05) is 0 Å². The Hall–Kier alpha value is 0.600. The summed E-state index contributed by atoms with van der Waals surface area (Å²) in [5, 5.41) is 1.68. The van der Waals surface area contributed by atoms with Crippen LogP contribution in [-0.2, 0) is 4.62 Å². The molecule has 0 amide bonds. The number of hydrogen-bond acceptors (Lipinski definition) is 3. The summed E-state index contributed by atoms with van der Waals surface area (Å²) >= 11 is 5.32. The van der Waals surface area contributed by atoms with Gasteiger partial charge in [-0.15, -0.1) is 0 Å². The van der Waals surface area contributed by atoms with Crippen LogP contribution in [0.2, 0.25) is 0 Å². The predicted octanol–water partition coefficient (Wildman–Crippen LogP) is 2.49. The van der Waals surface area contributed by atoms with E-state index in [-0.39, 0.29) is 12.1 Å². The summed E-state index contributed by atoms with van der Waals surface area (Å²) in [6.07, 6.45) is 0. The molecule has 5 heteroatoms. The summed E-state index contributed by atoms with van der Waals surface area (Å²) in [5.41, 5.74) is 0. The van der Waals surface area contributed by atoms with Gasteiger partial charge in [-0.05, 0) is 38.9 Å². The molecule has 1 N–H and O–H groups in total. The van der Waals surface area contributed by atoms with E-state index in [0.717, 1.165) is 0 Å². The lowest BCUT2D eigenvalue weighted by atomic mass is 10.3. The summed E-state index contributed by atoms with van der Waals surface area (Å²) in [6, 6.07) is 0.455. The van der Waals surface area contributed by atoms with Crippen molar-refractivity contribution in [2.45, 2.75) is 39.8 Å². The van der Waals surface area contributed by atoms with Gasteiger partial charge in [0.25, 0.3) is 7.73 Å². The first-order valence-corrected chi connectivity index (χ1v) is 5.68. The molecule has 0 aromatic heterocycles. The van der Waals surface area contributed by atoms with E-state index in [1.807, 2.05) is 27.7 Å². The Bertz CT molecular complexity index is 103. The highest BCUT2D eigenvalue weighted by Gasteiger charge is 2.17. The maximum atomic E-state index is 8.79. The summed E-state index contributed by atoms with van der Waals surface area (Å²) in [5.74, 6) is 0. The summed E-state index contributed by atoms with van der Waals surface area (Å²) in [6.45, 7) is 7.93. The zero-order valence-corrected chi connectivity index (χ0v) is 8.93. The van der Waals surface area contributed by atoms with E-state index in [9.17, 15) is 0 Å². The average Bonchev–Trinajstić information content (AvgIpc) is 1.81. The minimum Gasteiger partial charge on any atom is -0.337 e. The first kappa shape index (κ1) is 11.6. The van der Waals surface area contributed by atoms with Crippen LogP contribution >= 0.6 is 19.0 Å². The Morgan fingerprint density at radius 2 is 1.64 bits per heavy atom. The van der Waals surface area contributed by atoms with Crippen LogP contribution in [0.4, 0.5) is 0 Å². The van der Waals surface area contributed by atoms with Crippen LogP contribution in [0.25, 0.3) is 0 Å². The van der Waals surface area contributed by atoms with Gasteiger partial charge >= 0.3 is 0 Å². The first-order chi connectivity index (χ1) is 4.95. The topological polar surface area (TPSA) is 32.7 Å². The summed E-state index contributed by atoms with van der Waals surface area (Å²) < 4.78 is 4.99. The van der Waals surface area contributed by atoms with E-state index in [2.05, 4.69) is 0 Å². The molecule has 0 aliphatic heterocycles. The molecule has 0 aromatic carbocycles. The van der Waals surface area contributed by atoms with Gasteiger partial charge in [-0.1, -0.05) is 0 Å². The van der Waals surface area contributed by atoms with Crippen molar-refractivity contribution in [2.24, 2.45) is 0 Å². The molecule has 0 aromatic rings. The second-order valence-electron chi connectivity index (χ2n) is 2.86. The molecule has 3 nitrogen and oxygen atoms in total.